The van der Waals surface area contributed by atoms with Crippen molar-refractivity contribution < 1.29 is 19.8 Å². The SMILES string of the molecule is O=C(O)[C@@H]1CC(O)CN1C(=O)c1n[nH]c2ccccc12. The first-order valence-corrected chi connectivity index (χ1v) is 6.23. The van der Waals surface area contributed by atoms with E-state index in [9.17, 15) is 14.7 Å². The first-order valence-electron chi connectivity index (χ1n) is 6.23. The number of β-amino-alcohol motifs (C(OH)–C–C–N with tert-alkyl or cyclic N) is 1. The molecule has 0 aliphatic carbocycles. The second-order valence-electron chi connectivity index (χ2n) is 4.82. The number of aromatic nitrogens is 2. The van der Waals surface area contributed by atoms with Gasteiger partial charge in [0.15, 0.2) is 5.69 Å². The van der Waals surface area contributed by atoms with Gasteiger partial charge in [0.05, 0.1) is 11.6 Å². The highest BCUT2D eigenvalue weighted by Gasteiger charge is 2.40. The van der Waals surface area contributed by atoms with Crippen molar-refractivity contribution in [3.05, 3.63) is 30.0 Å². The summed E-state index contributed by atoms with van der Waals surface area (Å²) in [5.41, 5.74) is 0.892. The molecule has 1 amide bonds. The number of H-pyrrole nitrogens is 1. The van der Waals surface area contributed by atoms with Crippen molar-refractivity contribution in [1.82, 2.24) is 15.1 Å². The van der Waals surface area contributed by atoms with Crippen molar-refractivity contribution in [3.63, 3.8) is 0 Å². The summed E-state index contributed by atoms with van der Waals surface area (Å²) in [5, 5.41) is 26.1. The Balaban J connectivity index is 1.98. The molecular formula is C13H13N3O4. The number of aromatic amines is 1. The van der Waals surface area contributed by atoms with Crippen LogP contribution in [0, 0.1) is 0 Å². The van der Waals surface area contributed by atoms with Crippen LogP contribution in [0.25, 0.3) is 10.9 Å². The summed E-state index contributed by atoms with van der Waals surface area (Å²) in [7, 11) is 0. The van der Waals surface area contributed by atoms with Crippen molar-refractivity contribution in [2.75, 3.05) is 6.54 Å². The molecule has 0 bridgehead atoms. The van der Waals surface area contributed by atoms with Gasteiger partial charge in [0, 0.05) is 18.4 Å². The number of aliphatic carboxylic acids is 1. The van der Waals surface area contributed by atoms with Crippen LogP contribution < -0.4 is 0 Å². The van der Waals surface area contributed by atoms with E-state index in [1.54, 1.807) is 18.2 Å². The number of carboxylic acid groups (broad SMARTS) is 1. The van der Waals surface area contributed by atoms with Crippen molar-refractivity contribution in [1.29, 1.82) is 0 Å². The number of para-hydroxylation sites is 1. The van der Waals surface area contributed by atoms with E-state index >= 15 is 0 Å². The minimum atomic E-state index is -1.12. The summed E-state index contributed by atoms with van der Waals surface area (Å²) in [6, 6.07) is 6.12. The minimum Gasteiger partial charge on any atom is -0.480 e. The lowest BCUT2D eigenvalue weighted by atomic mass is 10.1. The maximum absolute atomic E-state index is 12.5. The van der Waals surface area contributed by atoms with E-state index in [0.29, 0.717) is 10.9 Å². The molecule has 1 unspecified atom stereocenters. The number of carbonyl (C=O) groups excluding carboxylic acids is 1. The molecule has 2 atom stereocenters. The van der Waals surface area contributed by atoms with Gasteiger partial charge in [-0.15, -0.1) is 0 Å². The topological polar surface area (TPSA) is 107 Å². The fourth-order valence-electron chi connectivity index (χ4n) is 2.53. The number of amides is 1. The third-order valence-corrected chi connectivity index (χ3v) is 3.50. The number of carbonyl (C=O) groups is 2. The number of nitrogens with one attached hydrogen (secondary N) is 1. The fourth-order valence-corrected chi connectivity index (χ4v) is 2.53. The largest absolute Gasteiger partial charge is 0.480 e. The molecule has 2 aromatic rings. The lowest BCUT2D eigenvalue weighted by Crippen LogP contribution is -2.40. The molecule has 0 spiro atoms. The number of aliphatic hydroxyl groups is 1. The number of nitrogens with zero attached hydrogens (tertiary/aromatic N) is 2. The molecule has 1 fully saturated rings. The molecule has 3 rings (SSSR count). The number of fused-ring (bicyclic) bond motifs is 1. The molecule has 20 heavy (non-hydrogen) atoms. The van der Waals surface area contributed by atoms with E-state index < -0.39 is 24.0 Å². The van der Waals surface area contributed by atoms with Crippen LogP contribution in [0.1, 0.15) is 16.9 Å². The van der Waals surface area contributed by atoms with Gasteiger partial charge in [-0.2, -0.15) is 5.10 Å². The number of likely N-dealkylation sites (tertiary alicyclic amines) is 1. The fraction of sp³-hybridized carbons (Fsp3) is 0.308. The summed E-state index contributed by atoms with van der Waals surface area (Å²) >= 11 is 0. The number of benzene rings is 1. The second kappa shape index (κ2) is 4.61. The summed E-state index contributed by atoms with van der Waals surface area (Å²) in [4.78, 5) is 24.8. The zero-order valence-corrected chi connectivity index (χ0v) is 10.5. The van der Waals surface area contributed by atoms with Gasteiger partial charge < -0.3 is 15.1 Å². The van der Waals surface area contributed by atoms with Crippen LogP contribution >= 0.6 is 0 Å². The van der Waals surface area contributed by atoms with Gasteiger partial charge in [0.2, 0.25) is 0 Å². The Morgan fingerprint density at radius 3 is 2.85 bits per heavy atom. The Morgan fingerprint density at radius 2 is 2.10 bits per heavy atom. The predicted molar refractivity (Wildman–Crippen MR) is 69.2 cm³/mol. The smallest absolute Gasteiger partial charge is 0.326 e. The lowest BCUT2D eigenvalue weighted by Gasteiger charge is -2.20. The highest BCUT2D eigenvalue weighted by atomic mass is 16.4. The number of hydrogen-bond acceptors (Lipinski definition) is 4. The molecular weight excluding hydrogens is 262 g/mol. The summed E-state index contributed by atoms with van der Waals surface area (Å²) in [6.07, 6.45) is -0.770. The third-order valence-electron chi connectivity index (χ3n) is 3.50. The molecule has 1 aromatic heterocycles. The van der Waals surface area contributed by atoms with E-state index in [-0.39, 0.29) is 18.7 Å². The first kappa shape index (κ1) is 12.6. The predicted octanol–water partition coefficient (Wildman–Crippen LogP) is 0.223. The Labute approximate surface area is 113 Å². The number of carboxylic acids is 1. The molecule has 1 saturated heterocycles. The Hall–Kier alpha value is -2.41. The van der Waals surface area contributed by atoms with Crippen molar-refractivity contribution in [3.8, 4) is 0 Å². The van der Waals surface area contributed by atoms with Crippen LogP contribution in [0.5, 0.6) is 0 Å². The van der Waals surface area contributed by atoms with E-state index in [1.165, 1.54) is 0 Å². The Morgan fingerprint density at radius 1 is 1.35 bits per heavy atom. The highest BCUT2D eigenvalue weighted by molar-refractivity contribution is 6.05. The number of aliphatic hydroxyl groups excluding tert-OH is 1. The highest BCUT2D eigenvalue weighted by Crippen LogP contribution is 2.23. The molecule has 0 radical (unpaired) electrons. The molecule has 7 heteroatoms. The van der Waals surface area contributed by atoms with Crippen LogP contribution in [0.2, 0.25) is 0 Å². The minimum absolute atomic E-state index is 0.0109. The zero-order chi connectivity index (χ0) is 14.3. The van der Waals surface area contributed by atoms with Gasteiger partial charge in [-0.1, -0.05) is 18.2 Å². The van der Waals surface area contributed by atoms with Crippen molar-refractivity contribution >= 4 is 22.8 Å². The van der Waals surface area contributed by atoms with E-state index in [4.69, 9.17) is 5.11 Å². The molecule has 1 aliphatic heterocycles. The van der Waals surface area contributed by atoms with Gasteiger partial charge in [0.1, 0.15) is 6.04 Å². The normalized spacial score (nSPS) is 22.4. The van der Waals surface area contributed by atoms with Crippen molar-refractivity contribution in [2.24, 2.45) is 0 Å². The molecule has 1 aromatic carbocycles. The van der Waals surface area contributed by atoms with Crippen LogP contribution in [0.15, 0.2) is 24.3 Å². The number of rotatable bonds is 2. The number of hydrogen-bond donors (Lipinski definition) is 3. The maximum atomic E-state index is 12.5. The summed E-state index contributed by atoms with van der Waals surface area (Å²) < 4.78 is 0. The average molecular weight is 275 g/mol. The maximum Gasteiger partial charge on any atom is 0.326 e. The van der Waals surface area contributed by atoms with Crippen molar-refractivity contribution in [2.45, 2.75) is 18.6 Å². The summed E-state index contributed by atoms with van der Waals surface area (Å²) in [6.45, 7) is 0.0109. The molecule has 7 nitrogen and oxygen atoms in total. The van der Waals surface area contributed by atoms with Gasteiger partial charge in [-0.3, -0.25) is 9.89 Å². The Bertz CT molecular complexity index is 681. The molecule has 0 saturated carbocycles. The summed E-state index contributed by atoms with van der Waals surface area (Å²) in [5.74, 6) is -1.60. The Kier molecular flexibility index (Phi) is 2.90. The van der Waals surface area contributed by atoms with Gasteiger partial charge in [-0.25, -0.2) is 4.79 Å². The van der Waals surface area contributed by atoms with Crippen LogP contribution in [0.4, 0.5) is 0 Å². The third kappa shape index (κ3) is 1.92. The zero-order valence-electron chi connectivity index (χ0n) is 10.5. The van der Waals surface area contributed by atoms with Crippen LogP contribution in [0.3, 0.4) is 0 Å². The lowest BCUT2D eigenvalue weighted by molar-refractivity contribution is -0.141. The molecule has 3 N–H and O–H groups in total. The monoisotopic (exact) mass is 275 g/mol. The van der Waals surface area contributed by atoms with E-state index in [2.05, 4.69) is 10.2 Å². The van der Waals surface area contributed by atoms with Gasteiger partial charge in [0.25, 0.3) is 5.91 Å². The van der Waals surface area contributed by atoms with E-state index in [1.807, 2.05) is 6.07 Å². The van der Waals surface area contributed by atoms with Crippen LogP contribution in [-0.4, -0.2) is 55.9 Å². The quantitative estimate of drug-likeness (QED) is 0.727. The molecule has 1 aliphatic rings. The van der Waals surface area contributed by atoms with E-state index in [0.717, 1.165) is 4.90 Å². The molecule has 2 heterocycles. The van der Waals surface area contributed by atoms with Gasteiger partial charge in [-0.05, 0) is 6.07 Å². The second-order valence-corrected chi connectivity index (χ2v) is 4.82. The molecule has 104 valence electrons. The average Bonchev–Trinajstić information content (AvgIpc) is 3.01. The van der Waals surface area contributed by atoms with Crippen LogP contribution in [-0.2, 0) is 4.79 Å². The van der Waals surface area contributed by atoms with Gasteiger partial charge >= 0.3 is 5.97 Å². The standard InChI is InChI=1S/C13H13N3O4/c17-7-5-10(13(19)20)16(6-7)12(18)11-8-3-1-2-4-9(8)14-15-11/h1-4,7,10,17H,5-6H2,(H,14,15)(H,19,20)/t7?,10-/m0/s1. The first-order chi connectivity index (χ1) is 9.58.